The molecule has 0 atom stereocenters. The van der Waals surface area contributed by atoms with Crippen LogP contribution in [0.15, 0.2) is 6.07 Å². The summed E-state index contributed by atoms with van der Waals surface area (Å²) in [5.41, 5.74) is 0.218. The average Bonchev–Trinajstić information content (AvgIpc) is 2.46. The van der Waals surface area contributed by atoms with Gasteiger partial charge in [-0.2, -0.15) is 0 Å². The Labute approximate surface area is 151 Å². The van der Waals surface area contributed by atoms with Crippen LogP contribution in [-0.4, -0.2) is 47.6 Å². The van der Waals surface area contributed by atoms with Gasteiger partial charge < -0.3 is 25.0 Å². The molecular formula is C17H24ClNO6. The van der Waals surface area contributed by atoms with Gasteiger partial charge in [-0.15, -0.1) is 0 Å². The van der Waals surface area contributed by atoms with Crippen molar-refractivity contribution in [2.24, 2.45) is 0 Å². The third kappa shape index (κ3) is 6.43. The summed E-state index contributed by atoms with van der Waals surface area (Å²) < 4.78 is 10.7. The van der Waals surface area contributed by atoms with Gasteiger partial charge in [0.15, 0.2) is 0 Å². The maximum Gasteiger partial charge on any atom is 0.407 e. The highest BCUT2D eigenvalue weighted by atomic mass is 35.5. The zero-order chi connectivity index (χ0) is 19.2. The lowest BCUT2D eigenvalue weighted by molar-refractivity contribution is 0.0518. The Kier molecular flexibility index (Phi) is 7.51. The first-order chi connectivity index (χ1) is 11.6. The molecule has 0 aliphatic heterocycles. The molecule has 0 bridgehead atoms. The molecule has 0 saturated heterocycles. The van der Waals surface area contributed by atoms with Crippen LogP contribution in [0.3, 0.4) is 0 Å². The van der Waals surface area contributed by atoms with E-state index in [1.807, 2.05) is 0 Å². The summed E-state index contributed by atoms with van der Waals surface area (Å²) in [6.07, 6.45) is -0.382. The minimum absolute atomic E-state index is 0.0407. The molecule has 0 fully saturated rings. The largest absolute Gasteiger partial charge is 0.491 e. The molecule has 0 aliphatic carbocycles. The van der Waals surface area contributed by atoms with Crippen LogP contribution in [0.5, 0.6) is 5.75 Å². The molecule has 3 N–H and O–H groups in total. The second-order valence-corrected chi connectivity index (χ2v) is 6.81. The maximum atomic E-state index is 11.6. The third-order valence-electron chi connectivity index (χ3n) is 3.16. The van der Waals surface area contributed by atoms with E-state index in [1.54, 1.807) is 33.8 Å². The smallest absolute Gasteiger partial charge is 0.407 e. The van der Waals surface area contributed by atoms with Crippen molar-refractivity contribution in [2.75, 3.05) is 19.8 Å². The molecule has 0 heterocycles. The van der Waals surface area contributed by atoms with Crippen molar-refractivity contribution in [3.63, 3.8) is 0 Å². The molecule has 0 radical (unpaired) electrons. The van der Waals surface area contributed by atoms with Crippen molar-refractivity contribution < 1.29 is 29.3 Å². The first kappa shape index (κ1) is 21.1. The number of carbonyl (C=O) groups excluding carboxylic acids is 1. The van der Waals surface area contributed by atoms with Crippen LogP contribution in [0.1, 0.15) is 42.3 Å². The number of hydrogen-bond donors (Lipinski definition) is 3. The Morgan fingerprint density at radius 1 is 1.32 bits per heavy atom. The van der Waals surface area contributed by atoms with Gasteiger partial charge in [-0.1, -0.05) is 11.6 Å². The first-order valence-electron chi connectivity index (χ1n) is 7.82. The molecule has 7 nitrogen and oxygen atoms in total. The molecule has 1 aromatic rings. The number of aliphatic hydroxyl groups is 1. The second-order valence-electron chi connectivity index (χ2n) is 6.40. The summed E-state index contributed by atoms with van der Waals surface area (Å²) in [6, 6.07) is 1.58. The Morgan fingerprint density at radius 3 is 2.48 bits per heavy atom. The molecule has 1 amide bonds. The van der Waals surface area contributed by atoms with E-state index in [0.717, 1.165) is 0 Å². The van der Waals surface area contributed by atoms with Gasteiger partial charge >= 0.3 is 12.1 Å². The molecule has 0 saturated carbocycles. The summed E-state index contributed by atoms with van der Waals surface area (Å²) in [7, 11) is 0. The molecule has 8 heteroatoms. The van der Waals surface area contributed by atoms with Gasteiger partial charge in [0.1, 0.15) is 23.5 Å². The van der Waals surface area contributed by atoms with Gasteiger partial charge in [0.25, 0.3) is 0 Å². The van der Waals surface area contributed by atoms with Crippen molar-refractivity contribution >= 4 is 23.7 Å². The summed E-state index contributed by atoms with van der Waals surface area (Å²) in [6.45, 7) is 6.83. The van der Waals surface area contributed by atoms with Gasteiger partial charge in [-0.05, 0) is 51.3 Å². The number of halogens is 1. The number of amides is 1. The highest BCUT2D eigenvalue weighted by Crippen LogP contribution is 2.33. The van der Waals surface area contributed by atoms with Gasteiger partial charge in [0, 0.05) is 11.6 Å². The standard InChI is InChI=1S/C17H24ClNO6/c1-10-12(18)9-11(5-7-20)14(13(10)15(21)22)24-8-6-19-16(23)25-17(2,3)4/h9,20H,5-8H2,1-4H3,(H,19,23)(H,21,22). The Balaban J connectivity index is 2.85. The Morgan fingerprint density at radius 2 is 1.96 bits per heavy atom. The number of hydrogen-bond acceptors (Lipinski definition) is 5. The van der Waals surface area contributed by atoms with E-state index in [9.17, 15) is 14.7 Å². The zero-order valence-corrected chi connectivity index (χ0v) is 15.6. The number of ether oxygens (including phenoxy) is 2. The number of benzene rings is 1. The minimum Gasteiger partial charge on any atom is -0.491 e. The first-order valence-corrected chi connectivity index (χ1v) is 8.20. The van der Waals surface area contributed by atoms with Crippen LogP contribution >= 0.6 is 11.6 Å². The fourth-order valence-corrected chi connectivity index (χ4v) is 2.35. The Hall–Kier alpha value is -1.99. The van der Waals surface area contributed by atoms with Crippen LogP contribution in [0.25, 0.3) is 0 Å². The molecule has 25 heavy (non-hydrogen) atoms. The normalized spacial score (nSPS) is 11.1. The SMILES string of the molecule is Cc1c(Cl)cc(CCO)c(OCCNC(=O)OC(C)(C)C)c1C(=O)O. The van der Waals surface area contributed by atoms with Crippen molar-refractivity contribution in [1.29, 1.82) is 0 Å². The maximum absolute atomic E-state index is 11.6. The van der Waals surface area contributed by atoms with Crippen molar-refractivity contribution in [3.05, 3.63) is 27.8 Å². The number of aromatic carboxylic acids is 1. The van der Waals surface area contributed by atoms with E-state index in [2.05, 4.69) is 5.32 Å². The number of alkyl carbamates (subject to hydrolysis) is 1. The van der Waals surface area contributed by atoms with Crippen LogP contribution < -0.4 is 10.1 Å². The van der Waals surface area contributed by atoms with Crippen molar-refractivity contribution in [1.82, 2.24) is 5.32 Å². The molecule has 140 valence electrons. The van der Waals surface area contributed by atoms with Crippen LogP contribution in [0, 0.1) is 6.92 Å². The van der Waals surface area contributed by atoms with E-state index in [1.165, 1.54) is 0 Å². The van der Waals surface area contributed by atoms with Crippen LogP contribution in [0.4, 0.5) is 4.79 Å². The molecule has 0 spiro atoms. The number of nitrogens with one attached hydrogen (secondary N) is 1. The fourth-order valence-electron chi connectivity index (χ4n) is 2.13. The predicted octanol–water partition coefficient (Wildman–Crippen LogP) is 2.78. The number of carbonyl (C=O) groups is 2. The highest BCUT2D eigenvalue weighted by Gasteiger charge is 2.21. The summed E-state index contributed by atoms with van der Waals surface area (Å²) in [5.74, 6) is -1.02. The van der Waals surface area contributed by atoms with Crippen LogP contribution in [0.2, 0.25) is 5.02 Å². The molecule has 0 unspecified atom stereocenters. The lowest BCUT2D eigenvalue weighted by Crippen LogP contribution is -2.34. The molecular weight excluding hydrogens is 350 g/mol. The van der Waals surface area contributed by atoms with E-state index in [0.29, 0.717) is 16.1 Å². The van der Waals surface area contributed by atoms with E-state index < -0.39 is 17.7 Å². The van der Waals surface area contributed by atoms with Crippen LogP contribution in [-0.2, 0) is 11.2 Å². The van der Waals surface area contributed by atoms with Gasteiger partial charge in [0.2, 0.25) is 0 Å². The van der Waals surface area contributed by atoms with Crippen molar-refractivity contribution in [2.45, 2.75) is 39.7 Å². The monoisotopic (exact) mass is 373 g/mol. The lowest BCUT2D eigenvalue weighted by atomic mass is 10.0. The number of carboxylic acids is 1. The third-order valence-corrected chi connectivity index (χ3v) is 3.56. The highest BCUT2D eigenvalue weighted by molar-refractivity contribution is 6.32. The van der Waals surface area contributed by atoms with E-state index in [-0.39, 0.29) is 37.5 Å². The minimum atomic E-state index is -1.17. The molecule has 1 aromatic carbocycles. The average molecular weight is 374 g/mol. The van der Waals surface area contributed by atoms with Gasteiger partial charge in [0.05, 0.1) is 6.54 Å². The summed E-state index contributed by atoms with van der Waals surface area (Å²) in [5, 5.41) is 21.4. The van der Waals surface area contributed by atoms with Gasteiger partial charge in [-0.25, -0.2) is 9.59 Å². The number of carboxylic acid groups (broad SMARTS) is 1. The zero-order valence-electron chi connectivity index (χ0n) is 14.8. The fraction of sp³-hybridized carbons (Fsp3) is 0.529. The number of rotatable bonds is 7. The molecule has 0 aliphatic rings. The topological polar surface area (TPSA) is 105 Å². The number of aliphatic hydroxyl groups excluding tert-OH is 1. The van der Waals surface area contributed by atoms with Gasteiger partial charge in [-0.3, -0.25) is 0 Å². The summed E-state index contributed by atoms with van der Waals surface area (Å²) >= 11 is 6.06. The molecule has 1 rings (SSSR count). The second kappa shape index (κ2) is 8.92. The predicted molar refractivity (Wildman–Crippen MR) is 93.7 cm³/mol. The lowest BCUT2D eigenvalue weighted by Gasteiger charge is -2.20. The Bertz CT molecular complexity index is 639. The van der Waals surface area contributed by atoms with Crippen molar-refractivity contribution in [3.8, 4) is 5.75 Å². The quantitative estimate of drug-likeness (QED) is 0.635. The summed E-state index contributed by atoms with van der Waals surface area (Å²) in [4.78, 5) is 23.1. The van der Waals surface area contributed by atoms with E-state index in [4.69, 9.17) is 26.2 Å². The van der Waals surface area contributed by atoms with E-state index >= 15 is 0 Å². The molecule has 0 aromatic heterocycles.